The zero-order valence-corrected chi connectivity index (χ0v) is 9.22. The Morgan fingerprint density at radius 1 is 1.23 bits per heavy atom. The molecule has 0 saturated carbocycles. The van der Waals surface area contributed by atoms with Crippen LogP contribution in [0.1, 0.15) is 34.1 Å². The van der Waals surface area contributed by atoms with Gasteiger partial charge < -0.3 is 5.32 Å². The zero-order valence-electron chi connectivity index (χ0n) is 9.22. The monoisotopic (exact) mass is 179 g/mol. The molecule has 0 aliphatic heterocycles. The second-order valence-electron chi connectivity index (χ2n) is 3.17. The number of allylic oxidation sites excluding steroid dienone is 4. The van der Waals surface area contributed by atoms with Gasteiger partial charge >= 0.3 is 0 Å². The van der Waals surface area contributed by atoms with E-state index in [1.54, 1.807) is 0 Å². The molecule has 74 valence electrons. The molecule has 0 aliphatic carbocycles. The third-order valence-corrected chi connectivity index (χ3v) is 1.68. The Morgan fingerprint density at radius 2 is 1.92 bits per heavy atom. The van der Waals surface area contributed by atoms with Crippen LogP contribution in [0.4, 0.5) is 0 Å². The largest absolute Gasteiger partial charge is 0.382 e. The van der Waals surface area contributed by atoms with Crippen LogP contribution in [0.25, 0.3) is 0 Å². The van der Waals surface area contributed by atoms with Gasteiger partial charge in [0.1, 0.15) is 0 Å². The highest BCUT2D eigenvalue weighted by molar-refractivity contribution is 5.21. The first-order chi connectivity index (χ1) is 6.22. The van der Waals surface area contributed by atoms with E-state index in [9.17, 15) is 0 Å². The topological polar surface area (TPSA) is 12.0 Å². The van der Waals surface area contributed by atoms with Gasteiger partial charge in [-0.2, -0.15) is 0 Å². The summed E-state index contributed by atoms with van der Waals surface area (Å²) in [5.74, 6) is 0. The smallest absolute Gasteiger partial charge is 0.0330 e. The fraction of sp³-hybridized carbons (Fsp3) is 0.500. The van der Waals surface area contributed by atoms with Crippen molar-refractivity contribution >= 4 is 0 Å². The van der Waals surface area contributed by atoms with E-state index >= 15 is 0 Å². The minimum Gasteiger partial charge on any atom is -0.382 e. The van der Waals surface area contributed by atoms with Crippen LogP contribution in [0, 0.1) is 0 Å². The second-order valence-corrected chi connectivity index (χ2v) is 3.17. The van der Waals surface area contributed by atoms with E-state index in [0.717, 1.165) is 13.0 Å². The molecule has 0 fully saturated rings. The highest BCUT2D eigenvalue weighted by atomic mass is 14.9. The number of rotatable bonds is 5. The van der Waals surface area contributed by atoms with Crippen LogP contribution < -0.4 is 5.32 Å². The molecule has 1 nitrogen and oxygen atoms in total. The standard InChI is InChI=1S/C12H21N/c1-5-7-8-10-13-12(9-6-2)11(3)4/h6-9,13H,5,10H2,1-4H3/b8-7-,9-6-. The fourth-order valence-corrected chi connectivity index (χ4v) is 0.988. The fourth-order valence-electron chi connectivity index (χ4n) is 0.988. The Balaban J connectivity index is 4.00. The first-order valence-electron chi connectivity index (χ1n) is 4.91. The molecule has 0 saturated heterocycles. The van der Waals surface area contributed by atoms with Gasteiger partial charge in [0.2, 0.25) is 0 Å². The molecular formula is C12H21N. The first-order valence-corrected chi connectivity index (χ1v) is 4.91. The summed E-state index contributed by atoms with van der Waals surface area (Å²) in [5.41, 5.74) is 2.55. The van der Waals surface area contributed by atoms with Crippen molar-refractivity contribution in [2.45, 2.75) is 34.1 Å². The van der Waals surface area contributed by atoms with Crippen molar-refractivity contribution in [1.29, 1.82) is 0 Å². The molecule has 0 spiro atoms. The summed E-state index contributed by atoms with van der Waals surface area (Å²) in [5, 5.41) is 3.36. The van der Waals surface area contributed by atoms with Crippen molar-refractivity contribution in [3.8, 4) is 0 Å². The maximum Gasteiger partial charge on any atom is 0.0330 e. The van der Waals surface area contributed by atoms with Gasteiger partial charge in [-0.1, -0.05) is 30.7 Å². The Morgan fingerprint density at radius 3 is 2.38 bits per heavy atom. The molecule has 0 radical (unpaired) electrons. The maximum absolute atomic E-state index is 3.36. The van der Waals surface area contributed by atoms with Crippen molar-refractivity contribution in [3.05, 3.63) is 35.6 Å². The number of nitrogens with one attached hydrogen (secondary N) is 1. The number of hydrogen-bond donors (Lipinski definition) is 1. The van der Waals surface area contributed by atoms with Gasteiger partial charge in [-0.25, -0.2) is 0 Å². The van der Waals surface area contributed by atoms with Gasteiger partial charge in [0.25, 0.3) is 0 Å². The van der Waals surface area contributed by atoms with E-state index in [1.807, 2.05) is 6.92 Å². The van der Waals surface area contributed by atoms with E-state index in [1.165, 1.54) is 11.3 Å². The minimum absolute atomic E-state index is 0.915. The average Bonchev–Trinajstić information content (AvgIpc) is 2.10. The average molecular weight is 179 g/mol. The summed E-state index contributed by atoms with van der Waals surface area (Å²) in [4.78, 5) is 0. The van der Waals surface area contributed by atoms with Crippen molar-refractivity contribution in [3.63, 3.8) is 0 Å². The third-order valence-electron chi connectivity index (χ3n) is 1.68. The molecule has 13 heavy (non-hydrogen) atoms. The molecular weight excluding hydrogens is 158 g/mol. The Bertz CT molecular complexity index is 205. The molecule has 0 rings (SSSR count). The Kier molecular flexibility index (Phi) is 7.08. The SMILES string of the molecule is C/C=C\C(NC/C=C\CC)=C(C)C. The molecule has 1 N–H and O–H groups in total. The van der Waals surface area contributed by atoms with Gasteiger partial charge in [0, 0.05) is 12.2 Å². The zero-order chi connectivity index (χ0) is 10.1. The van der Waals surface area contributed by atoms with E-state index < -0.39 is 0 Å². The maximum atomic E-state index is 3.36. The molecule has 0 aromatic rings. The molecule has 0 bridgehead atoms. The Hall–Kier alpha value is -0.980. The lowest BCUT2D eigenvalue weighted by atomic mass is 10.2. The lowest BCUT2D eigenvalue weighted by Gasteiger charge is -2.06. The summed E-state index contributed by atoms with van der Waals surface area (Å²) in [6, 6.07) is 0. The van der Waals surface area contributed by atoms with Crippen LogP contribution in [-0.4, -0.2) is 6.54 Å². The predicted molar refractivity (Wildman–Crippen MR) is 60.6 cm³/mol. The van der Waals surface area contributed by atoms with Crippen LogP contribution in [-0.2, 0) is 0 Å². The van der Waals surface area contributed by atoms with Crippen LogP contribution in [0.5, 0.6) is 0 Å². The van der Waals surface area contributed by atoms with Gasteiger partial charge in [-0.3, -0.25) is 0 Å². The molecule has 0 aromatic carbocycles. The highest BCUT2D eigenvalue weighted by Gasteiger charge is 1.90. The van der Waals surface area contributed by atoms with Crippen molar-refractivity contribution in [2.24, 2.45) is 0 Å². The van der Waals surface area contributed by atoms with E-state index in [0.29, 0.717) is 0 Å². The molecule has 0 unspecified atom stereocenters. The minimum atomic E-state index is 0.915. The van der Waals surface area contributed by atoms with Gasteiger partial charge in [0.05, 0.1) is 0 Å². The predicted octanol–water partition coefficient (Wildman–Crippen LogP) is 3.41. The number of hydrogen-bond acceptors (Lipinski definition) is 1. The summed E-state index contributed by atoms with van der Waals surface area (Å²) < 4.78 is 0. The van der Waals surface area contributed by atoms with Crippen LogP contribution in [0.15, 0.2) is 35.6 Å². The normalized spacial score (nSPS) is 11.1. The summed E-state index contributed by atoms with van der Waals surface area (Å²) in [6.45, 7) is 9.33. The summed E-state index contributed by atoms with van der Waals surface area (Å²) in [7, 11) is 0. The lowest BCUT2D eigenvalue weighted by Crippen LogP contribution is -2.12. The van der Waals surface area contributed by atoms with Crippen LogP contribution >= 0.6 is 0 Å². The third kappa shape index (κ3) is 6.21. The summed E-state index contributed by atoms with van der Waals surface area (Å²) >= 11 is 0. The van der Waals surface area contributed by atoms with Gasteiger partial charge in [0.15, 0.2) is 0 Å². The van der Waals surface area contributed by atoms with Crippen molar-refractivity contribution < 1.29 is 0 Å². The quantitative estimate of drug-likeness (QED) is 0.504. The van der Waals surface area contributed by atoms with Gasteiger partial charge in [-0.05, 0) is 33.3 Å². The highest BCUT2D eigenvalue weighted by Crippen LogP contribution is 2.00. The van der Waals surface area contributed by atoms with E-state index in [-0.39, 0.29) is 0 Å². The van der Waals surface area contributed by atoms with E-state index in [2.05, 4.69) is 50.4 Å². The van der Waals surface area contributed by atoms with Gasteiger partial charge in [-0.15, -0.1) is 0 Å². The molecule has 0 atom stereocenters. The lowest BCUT2D eigenvalue weighted by molar-refractivity contribution is 0.910. The van der Waals surface area contributed by atoms with Crippen molar-refractivity contribution in [2.75, 3.05) is 6.54 Å². The van der Waals surface area contributed by atoms with Crippen LogP contribution in [0.3, 0.4) is 0 Å². The van der Waals surface area contributed by atoms with E-state index in [4.69, 9.17) is 0 Å². The Labute approximate surface area is 82.2 Å². The van der Waals surface area contributed by atoms with Crippen LogP contribution in [0.2, 0.25) is 0 Å². The molecule has 0 heterocycles. The second kappa shape index (κ2) is 7.66. The molecule has 0 amide bonds. The first kappa shape index (κ1) is 12.0. The summed E-state index contributed by atoms with van der Waals surface area (Å²) in [6.07, 6.45) is 9.60. The van der Waals surface area contributed by atoms with Crippen molar-refractivity contribution in [1.82, 2.24) is 5.32 Å². The molecule has 0 aliphatic rings. The molecule has 0 aromatic heterocycles. The molecule has 1 heteroatoms.